The van der Waals surface area contributed by atoms with Crippen LogP contribution in [0.25, 0.3) is 11.2 Å². The molecule has 5 atom stereocenters. The maximum absolute atomic E-state index is 12.9. The molecule has 17 heteroatoms. The number of ether oxygens (including phenoxy) is 2. The highest BCUT2D eigenvalue weighted by molar-refractivity contribution is 7.88. The van der Waals surface area contributed by atoms with Crippen molar-refractivity contribution in [3.63, 3.8) is 0 Å². The molecular formula is C28H39N8O7PS. The third kappa shape index (κ3) is 8.57. The molecule has 1 aliphatic heterocycles. The number of nitrogens with zero attached hydrogens (tertiary/aromatic N) is 6. The third-order valence-electron chi connectivity index (χ3n) is 6.88. The van der Waals surface area contributed by atoms with Gasteiger partial charge in [0.2, 0.25) is 10.0 Å². The van der Waals surface area contributed by atoms with Crippen molar-refractivity contribution in [1.82, 2.24) is 28.9 Å². The second-order valence-electron chi connectivity index (χ2n) is 10.9. The number of rotatable bonds is 15. The molecule has 1 fully saturated rings. The van der Waals surface area contributed by atoms with E-state index in [9.17, 15) is 13.2 Å². The van der Waals surface area contributed by atoms with Gasteiger partial charge in [0, 0.05) is 31.3 Å². The van der Waals surface area contributed by atoms with Gasteiger partial charge in [-0.05, 0) is 39.8 Å². The van der Waals surface area contributed by atoms with E-state index in [-0.39, 0.29) is 43.4 Å². The fourth-order valence-corrected chi connectivity index (χ4v) is 7.24. The Morgan fingerprint density at radius 3 is 2.49 bits per heavy atom. The molecule has 3 aromatic rings. The number of carbonyl (C=O) groups is 1. The van der Waals surface area contributed by atoms with Crippen molar-refractivity contribution >= 4 is 41.4 Å². The van der Waals surface area contributed by atoms with E-state index in [0.717, 1.165) is 6.26 Å². The number of fused-ring (bicyclic) bond motifs is 1. The van der Waals surface area contributed by atoms with Crippen LogP contribution in [0, 0.1) is 11.3 Å². The summed E-state index contributed by atoms with van der Waals surface area (Å²) >= 11 is 0. The number of aromatic nitrogens is 4. The van der Waals surface area contributed by atoms with E-state index < -0.39 is 43.1 Å². The van der Waals surface area contributed by atoms with Crippen LogP contribution in [0.5, 0.6) is 0 Å². The van der Waals surface area contributed by atoms with E-state index in [1.165, 1.54) is 19.8 Å². The van der Waals surface area contributed by atoms with Crippen molar-refractivity contribution in [3.05, 3.63) is 48.5 Å². The number of nitrogens with one attached hydrogen (secondary N) is 2. The first kappa shape index (κ1) is 34.7. The molecule has 4 rings (SSSR count). The monoisotopic (exact) mass is 662 g/mol. The van der Waals surface area contributed by atoms with Gasteiger partial charge in [-0.2, -0.15) is 5.26 Å². The van der Waals surface area contributed by atoms with Gasteiger partial charge >= 0.3 is 0 Å². The largest absolute Gasteiger partial charge is 0.374 e. The minimum atomic E-state index is -3.57. The van der Waals surface area contributed by atoms with Gasteiger partial charge in [-0.15, -0.1) is 0 Å². The van der Waals surface area contributed by atoms with E-state index in [4.69, 9.17) is 23.8 Å². The Kier molecular flexibility index (Phi) is 11.9. The van der Waals surface area contributed by atoms with E-state index in [1.54, 1.807) is 28.8 Å². The van der Waals surface area contributed by atoms with Crippen LogP contribution in [-0.2, 0) is 28.5 Å². The molecule has 0 radical (unpaired) electrons. The van der Waals surface area contributed by atoms with Gasteiger partial charge < -0.3 is 23.8 Å². The molecule has 15 nitrogen and oxygen atoms in total. The molecule has 45 heavy (non-hydrogen) atoms. The number of hydrogen-bond donors (Lipinski definition) is 2. The summed E-state index contributed by atoms with van der Waals surface area (Å²) in [7, 11) is -3.79. The summed E-state index contributed by atoms with van der Waals surface area (Å²) in [4.78, 5) is 26.0. The van der Waals surface area contributed by atoms with Crippen LogP contribution >= 0.6 is 8.53 Å². The number of nitriles is 1. The molecule has 1 unspecified atom stereocenters. The van der Waals surface area contributed by atoms with E-state index in [1.807, 2.05) is 33.8 Å². The van der Waals surface area contributed by atoms with E-state index >= 15 is 0 Å². The maximum Gasteiger partial charge on any atom is 0.259 e. The molecule has 0 aliphatic carbocycles. The zero-order valence-electron chi connectivity index (χ0n) is 26.0. The fourth-order valence-electron chi connectivity index (χ4n) is 5.01. The van der Waals surface area contributed by atoms with Crippen molar-refractivity contribution in [2.24, 2.45) is 0 Å². The predicted molar refractivity (Wildman–Crippen MR) is 167 cm³/mol. The molecule has 0 spiro atoms. The van der Waals surface area contributed by atoms with Crippen molar-refractivity contribution in [3.8, 4) is 6.07 Å². The number of sulfonamides is 1. The summed E-state index contributed by atoms with van der Waals surface area (Å²) in [5.74, 6) is -0.149. The van der Waals surface area contributed by atoms with Crippen molar-refractivity contribution in [1.29, 1.82) is 5.26 Å². The Morgan fingerprint density at radius 2 is 1.87 bits per heavy atom. The lowest BCUT2D eigenvalue weighted by molar-refractivity contribution is -0.0481. The number of imidazole rings is 1. The van der Waals surface area contributed by atoms with Crippen LogP contribution in [0.15, 0.2) is 43.0 Å². The molecule has 2 aromatic heterocycles. The van der Waals surface area contributed by atoms with Crippen LogP contribution in [0.4, 0.5) is 5.82 Å². The van der Waals surface area contributed by atoms with Crippen LogP contribution in [0.3, 0.4) is 0 Å². The number of methoxy groups -OCH3 is 1. The van der Waals surface area contributed by atoms with Crippen molar-refractivity contribution in [2.75, 3.05) is 31.8 Å². The average Bonchev–Trinajstić information content (AvgIpc) is 3.57. The van der Waals surface area contributed by atoms with Gasteiger partial charge in [-0.1, -0.05) is 18.2 Å². The van der Waals surface area contributed by atoms with Gasteiger partial charge in [-0.25, -0.2) is 32.8 Å². The number of benzene rings is 1. The van der Waals surface area contributed by atoms with Crippen LogP contribution < -0.4 is 10.0 Å². The maximum atomic E-state index is 12.9. The molecule has 0 saturated carbocycles. The predicted octanol–water partition coefficient (Wildman–Crippen LogP) is 3.20. The average molecular weight is 663 g/mol. The smallest absolute Gasteiger partial charge is 0.259 e. The lowest BCUT2D eigenvalue weighted by Crippen LogP contribution is -2.43. The van der Waals surface area contributed by atoms with Crippen molar-refractivity contribution in [2.45, 2.75) is 70.7 Å². The number of carbonyl (C=O) groups excluding carboxylic acids is 1. The summed E-state index contributed by atoms with van der Waals surface area (Å²) in [6, 6.07) is 10.9. The Hall–Kier alpha value is -3.13. The Morgan fingerprint density at radius 1 is 1.16 bits per heavy atom. The van der Waals surface area contributed by atoms with E-state index in [0.29, 0.717) is 16.7 Å². The lowest BCUT2D eigenvalue weighted by Gasteiger charge is -2.38. The molecule has 1 saturated heterocycles. The summed E-state index contributed by atoms with van der Waals surface area (Å²) in [5.41, 5.74) is 1.13. The second kappa shape index (κ2) is 15.4. The van der Waals surface area contributed by atoms with Gasteiger partial charge in [0.15, 0.2) is 23.2 Å². The molecule has 1 amide bonds. The summed E-state index contributed by atoms with van der Waals surface area (Å²) in [5, 5.41) is 11.9. The lowest BCUT2D eigenvalue weighted by atomic mass is 10.1. The minimum absolute atomic E-state index is 0.0312. The summed E-state index contributed by atoms with van der Waals surface area (Å²) < 4.78 is 55.5. The number of anilines is 1. The quantitative estimate of drug-likeness (QED) is 0.179. The zero-order chi connectivity index (χ0) is 32.7. The van der Waals surface area contributed by atoms with Gasteiger partial charge in [-0.3, -0.25) is 9.36 Å². The number of amides is 1. The topological polar surface area (TPSA) is 183 Å². The van der Waals surface area contributed by atoms with Gasteiger partial charge in [0.05, 0.1) is 31.7 Å². The highest BCUT2D eigenvalue weighted by atomic mass is 32.2. The molecular weight excluding hydrogens is 623 g/mol. The Labute approximate surface area is 264 Å². The fraction of sp³-hybridized carbons (Fsp3) is 0.536. The molecule has 0 bridgehead atoms. The van der Waals surface area contributed by atoms with Gasteiger partial charge in [0.1, 0.15) is 24.6 Å². The Balaban J connectivity index is 1.69. The molecule has 2 N–H and O–H groups in total. The standard InChI is InChI=1S/C28H39N8O7PS/c1-18(2)36(19(3)4)44(41-14-10-13-29)43-23-21(15-33-45(6,38)39)42-28(24(23)40-5)35-17-32-22-25(30-16-31-26(22)35)34-27(37)20-11-8-7-9-12-20/h7-9,11-12,16-19,21,23-24,28,33H,10,14-15H2,1-6H3,(H,30,31,34,37)/t21-,23-,24-,28-,44?/m1/s1. The first-order chi connectivity index (χ1) is 21.4. The normalized spacial score (nSPS) is 21.1. The summed E-state index contributed by atoms with van der Waals surface area (Å²) in [6.45, 7) is 8.11. The van der Waals surface area contributed by atoms with E-state index in [2.05, 4.69) is 35.7 Å². The molecule has 3 heterocycles. The van der Waals surface area contributed by atoms with Crippen LogP contribution in [0.1, 0.15) is 50.7 Å². The van der Waals surface area contributed by atoms with Crippen molar-refractivity contribution < 1.29 is 31.7 Å². The first-order valence-corrected chi connectivity index (χ1v) is 17.4. The van der Waals surface area contributed by atoms with Crippen LogP contribution in [-0.4, -0.2) is 95.4 Å². The minimum Gasteiger partial charge on any atom is -0.374 e. The molecule has 1 aromatic carbocycles. The summed E-state index contributed by atoms with van der Waals surface area (Å²) in [6.07, 6.45) is 0.802. The van der Waals surface area contributed by atoms with Gasteiger partial charge in [0.25, 0.3) is 14.4 Å². The molecule has 1 aliphatic rings. The highest BCUT2D eigenvalue weighted by Gasteiger charge is 2.50. The molecule has 244 valence electrons. The zero-order valence-corrected chi connectivity index (χ0v) is 27.7. The number of hydrogen-bond acceptors (Lipinski definition) is 12. The first-order valence-electron chi connectivity index (χ1n) is 14.4. The van der Waals surface area contributed by atoms with Crippen LogP contribution in [0.2, 0.25) is 0 Å². The SMILES string of the molecule is CO[C@@H]1[C@H](OP(OCCC#N)N(C(C)C)C(C)C)[C@@H](CNS(C)(=O)=O)O[C@H]1n1cnc2c(NC(=O)c3ccccc3)ncnc21. The second-order valence-corrected chi connectivity index (χ2v) is 14.1. The highest BCUT2D eigenvalue weighted by Crippen LogP contribution is 2.50. The third-order valence-corrected chi connectivity index (χ3v) is 9.70. The Bertz CT molecular complexity index is 1580.